The van der Waals surface area contributed by atoms with Crippen molar-refractivity contribution in [2.24, 2.45) is 0 Å². The molecule has 0 spiro atoms. The zero-order valence-corrected chi connectivity index (χ0v) is 22.3. The Hall–Kier alpha value is -2.64. The van der Waals surface area contributed by atoms with Crippen LogP contribution in [0.5, 0.6) is 5.75 Å². The van der Waals surface area contributed by atoms with Gasteiger partial charge in [0.1, 0.15) is 16.3 Å². The fraction of sp³-hybridized carbons (Fsp3) is 0.333. The van der Waals surface area contributed by atoms with Crippen molar-refractivity contribution >= 4 is 44.1 Å². The lowest BCUT2D eigenvalue weighted by Gasteiger charge is -2.11. The van der Waals surface area contributed by atoms with Crippen LogP contribution in [0.2, 0.25) is 0 Å². The highest BCUT2D eigenvalue weighted by Crippen LogP contribution is 2.36. The number of hydrogen-bond acceptors (Lipinski definition) is 5. The number of methoxy groups -OCH3 is 1. The van der Waals surface area contributed by atoms with Crippen molar-refractivity contribution in [2.75, 3.05) is 19.0 Å². The number of rotatable bonds is 10. The average molecular weight is 545 g/mol. The third-order valence-electron chi connectivity index (χ3n) is 5.54. The second kappa shape index (κ2) is 12.2. The number of amides is 1. The molecule has 0 unspecified atom stereocenters. The molecule has 0 radical (unpaired) electrons. The van der Waals surface area contributed by atoms with Crippen molar-refractivity contribution in [3.8, 4) is 16.9 Å². The number of carbonyl (C=O) groups is 2. The molecule has 3 aromatic rings. The monoisotopic (exact) mass is 543 g/mol. The van der Waals surface area contributed by atoms with Crippen LogP contribution >= 0.6 is 27.3 Å². The standard InChI is InChI=1S/C27H30BrNO4S/c1-5-18-8-10-19(11-9-18)21-16-34-26(25(21)27(31)32-4)29-24(30)7-6-14-33-23-13-12-20(17(2)3)15-22(23)28/h8-13,15-17H,5-7,14H2,1-4H3,(H,29,30). The van der Waals surface area contributed by atoms with Gasteiger partial charge in [0.15, 0.2) is 0 Å². The highest BCUT2D eigenvalue weighted by Gasteiger charge is 2.22. The van der Waals surface area contributed by atoms with Crippen LogP contribution in [0.25, 0.3) is 11.1 Å². The number of benzene rings is 2. The van der Waals surface area contributed by atoms with Gasteiger partial charge in [0, 0.05) is 17.4 Å². The first-order valence-electron chi connectivity index (χ1n) is 11.3. The molecule has 2 aromatic carbocycles. The van der Waals surface area contributed by atoms with Crippen LogP contribution < -0.4 is 10.1 Å². The summed E-state index contributed by atoms with van der Waals surface area (Å²) in [7, 11) is 1.35. The third kappa shape index (κ3) is 6.48. The van der Waals surface area contributed by atoms with Crippen LogP contribution in [-0.2, 0) is 16.0 Å². The topological polar surface area (TPSA) is 64.6 Å². The predicted octanol–water partition coefficient (Wildman–Crippen LogP) is 7.45. The molecule has 1 aromatic heterocycles. The fourth-order valence-corrected chi connectivity index (χ4v) is 4.97. The highest BCUT2D eigenvalue weighted by atomic mass is 79.9. The molecular weight excluding hydrogens is 514 g/mol. The largest absolute Gasteiger partial charge is 0.492 e. The molecule has 0 fully saturated rings. The number of halogens is 1. The molecule has 0 aliphatic carbocycles. The summed E-state index contributed by atoms with van der Waals surface area (Å²) in [6.07, 6.45) is 1.77. The number of aryl methyl sites for hydroxylation is 1. The second-order valence-electron chi connectivity index (χ2n) is 8.24. The second-order valence-corrected chi connectivity index (χ2v) is 9.97. The summed E-state index contributed by atoms with van der Waals surface area (Å²) in [5.74, 6) is 0.564. The molecule has 0 saturated heterocycles. The number of ether oxygens (including phenoxy) is 2. The van der Waals surface area contributed by atoms with E-state index in [9.17, 15) is 9.59 Å². The SMILES string of the molecule is CCc1ccc(-c2csc(NC(=O)CCCOc3ccc(C(C)C)cc3Br)c2C(=O)OC)cc1. The van der Waals surface area contributed by atoms with Gasteiger partial charge in [0.25, 0.3) is 0 Å². The third-order valence-corrected chi connectivity index (χ3v) is 7.05. The number of nitrogens with one attached hydrogen (secondary N) is 1. The lowest BCUT2D eigenvalue weighted by atomic mass is 10.0. The molecule has 0 aliphatic heterocycles. The lowest BCUT2D eigenvalue weighted by Crippen LogP contribution is -2.15. The van der Waals surface area contributed by atoms with Crippen molar-refractivity contribution in [3.05, 3.63) is 69.0 Å². The summed E-state index contributed by atoms with van der Waals surface area (Å²) in [5, 5.41) is 5.26. The molecule has 7 heteroatoms. The summed E-state index contributed by atoms with van der Waals surface area (Å²) in [4.78, 5) is 25.1. The van der Waals surface area contributed by atoms with Crippen LogP contribution in [0.15, 0.2) is 52.3 Å². The minimum Gasteiger partial charge on any atom is -0.492 e. The Morgan fingerprint density at radius 3 is 2.47 bits per heavy atom. The number of thiophene rings is 1. The zero-order chi connectivity index (χ0) is 24.7. The van der Waals surface area contributed by atoms with Crippen molar-refractivity contribution in [3.63, 3.8) is 0 Å². The summed E-state index contributed by atoms with van der Waals surface area (Å²) in [5.41, 5.74) is 4.51. The molecule has 1 amide bonds. The molecule has 1 N–H and O–H groups in total. The lowest BCUT2D eigenvalue weighted by molar-refractivity contribution is -0.116. The number of anilines is 1. The first kappa shape index (κ1) is 26.0. The van der Waals surface area contributed by atoms with E-state index in [1.165, 1.54) is 29.6 Å². The number of hydrogen-bond donors (Lipinski definition) is 1. The van der Waals surface area contributed by atoms with Gasteiger partial charge in [-0.05, 0) is 63.5 Å². The van der Waals surface area contributed by atoms with Gasteiger partial charge in [-0.25, -0.2) is 4.79 Å². The van der Waals surface area contributed by atoms with Crippen LogP contribution in [0, 0.1) is 0 Å². The Bertz CT molecular complexity index is 1140. The van der Waals surface area contributed by atoms with Crippen molar-refractivity contribution in [1.29, 1.82) is 0 Å². The molecule has 5 nitrogen and oxygen atoms in total. The smallest absolute Gasteiger partial charge is 0.341 e. The summed E-state index contributed by atoms with van der Waals surface area (Å²) >= 11 is 4.88. The van der Waals surface area contributed by atoms with Crippen LogP contribution in [-0.4, -0.2) is 25.6 Å². The maximum Gasteiger partial charge on any atom is 0.341 e. The summed E-state index contributed by atoms with van der Waals surface area (Å²) in [6.45, 7) is 6.80. The van der Waals surface area contributed by atoms with Gasteiger partial charge in [-0.2, -0.15) is 0 Å². The minimum absolute atomic E-state index is 0.169. The molecule has 0 atom stereocenters. The molecular formula is C27H30BrNO4S. The van der Waals surface area contributed by atoms with Gasteiger partial charge in [-0.1, -0.05) is 51.1 Å². The Balaban J connectivity index is 1.61. The van der Waals surface area contributed by atoms with Crippen molar-refractivity contribution in [2.45, 2.75) is 46.0 Å². The van der Waals surface area contributed by atoms with Gasteiger partial charge >= 0.3 is 5.97 Å². The van der Waals surface area contributed by atoms with Gasteiger partial charge < -0.3 is 14.8 Å². The molecule has 180 valence electrons. The van der Waals surface area contributed by atoms with Crippen LogP contribution in [0.1, 0.15) is 61.0 Å². The van der Waals surface area contributed by atoms with Gasteiger partial charge in [-0.15, -0.1) is 11.3 Å². The first-order valence-corrected chi connectivity index (χ1v) is 13.0. The highest BCUT2D eigenvalue weighted by molar-refractivity contribution is 9.10. The van der Waals surface area contributed by atoms with E-state index in [-0.39, 0.29) is 12.3 Å². The number of esters is 1. The van der Waals surface area contributed by atoms with Crippen LogP contribution in [0.3, 0.4) is 0 Å². The minimum atomic E-state index is -0.468. The van der Waals surface area contributed by atoms with E-state index in [1.807, 2.05) is 35.7 Å². The van der Waals surface area contributed by atoms with E-state index in [4.69, 9.17) is 9.47 Å². The van der Waals surface area contributed by atoms with E-state index in [0.29, 0.717) is 29.5 Å². The van der Waals surface area contributed by atoms with E-state index in [0.717, 1.165) is 27.8 Å². The van der Waals surface area contributed by atoms with Gasteiger partial charge in [0.2, 0.25) is 5.91 Å². The first-order chi connectivity index (χ1) is 16.3. The summed E-state index contributed by atoms with van der Waals surface area (Å²) in [6, 6.07) is 14.1. The van der Waals surface area contributed by atoms with Crippen molar-refractivity contribution in [1.82, 2.24) is 0 Å². The fourth-order valence-electron chi connectivity index (χ4n) is 3.48. The maximum absolute atomic E-state index is 12.6. The van der Waals surface area contributed by atoms with E-state index in [2.05, 4.69) is 54.2 Å². The number of carbonyl (C=O) groups excluding carboxylic acids is 2. The van der Waals surface area contributed by atoms with E-state index < -0.39 is 5.97 Å². The molecule has 0 aliphatic rings. The van der Waals surface area contributed by atoms with E-state index >= 15 is 0 Å². The van der Waals surface area contributed by atoms with Crippen molar-refractivity contribution < 1.29 is 19.1 Å². The maximum atomic E-state index is 12.6. The molecule has 1 heterocycles. The quantitative estimate of drug-likeness (QED) is 0.213. The molecule has 34 heavy (non-hydrogen) atoms. The zero-order valence-electron chi connectivity index (χ0n) is 19.9. The predicted molar refractivity (Wildman–Crippen MR) is 142 cm³/mol. The Kier molecular flexibility index (Phi) is 9.30. The molecule has 0 bridgehead atoms. The Morgan fingerprint density at radius 2 is 1.85 bits per heavy atom. The molecule has 3 rings (SSSR count). The van der Waals surface area contributed by atoms with Crippen LogP contribution in [0.4, 0.5) is 5.00 Å². The van der Waals surface area contributed by atoms with Gasteiger partial charge in [-0.3, -0.25) is 4.79 Å². The summed E-state index contributed by atoms with van der Waals surface area (Å²) < 4.78 is 11.7. The van der Waals surface area contributed by atoms with Gasteiger partial charge in [0.05, 0.1) is 18.2 Å². The average Bonchev–Trinajstić information content (AvgIpc) is 3.25. The molecule has 0 saturated carbocycles. The Labute approximate surface area is 213 Å². The normalized spacial score (nSPS) is 10.9. The Morgan fingerprint density at radius 1 is 1.12 bits per heavy atom. The van der Waals surface area contributed by atoms with E-state index in [1.54, 1.807) is 0 Å².